The van der Waals surface area contributed by atoms with Crippen molar-refractivity contribution in [3.63, 3.8) is 0 Å². The van der Waals surface area contributed by atoms with Gasteiger partial charge >= 0.3 is 0 Å². The largest absolute Gasteiger partial charge is 0.330 e. The summed E-state index contributed by atoms with van der Waals surface area (Å²) in [5.74, 6) is -1.18. The second kappa shape index (κ2) is 4.67. The Morgan fingerprint density at radius 2 is 1.88 bits per heavy atom. The van der Waals surface area contributed by atoms with E-state index < -0.39 is 11.6 Å². The number of thiazole rings is 1. The molecule has 5 heteroatoms. The topological polar surface area (TPSA) is 38.9 Å². The SMILES string of the molecule is NCCc1csc(-c2cc(F)cc(F)c2)n1. The van der Waals surface area contributed by atoms with E-state index in [1.807, 2.05) is 5.38 Å². The van der Waals surface area contributed by atoms with Crippen molar-refractivity contribution in [3.8, 4) is 10.6 Å². The predicted octanol–water partition coefficient (Wildman–Crippen LogP) is 2.59. The van der Waals surface area contributed by atoms with Crippen molar-refractivity contribution < 1.29 is 8.78 Å². The highest BCUT2D eigenvalue weighted by Crippen LogP contribution is 2.25. The molecule has 2 N–H and O–H groups in total. The summed E-state index contributed by atoms with van der Waals surface area (Å²) in [7, 11) is 0. The number of rotatable bonds is 3. The third-order valence-corrected chi connectivity index (χ3v) is 3.00. The Bertz CT molecular complexity index is 476. The monoisotopic (exact) mass is 240 g/mol. The molecule has 0 aliphatic rings. The van der Waals surface area contributed by atoms with Crippen LogP contribution in [0.15, 0.2) is 23.6 Å². The Morgan fingerprint density at radius 3 is 2.50 bits per heavy atom. The Morgan fingerprint density at radius 1 is 1.19 bits per heavy atom. The van der Waals surface area contributed by atoms with E-state index in [1.165, 1.54) is 23.5 Å². The van der Waals surface area contributed by atoms with Crippen molar-refractivity contribution in [1.29, 1.82) is 0 Å². The van der Waals surface area contributed by atoms with E-state index >= 15 is 0 Å². The van der Waals surface area contributed by atoms with E-state index in [-0.39, 0.29) is 0 Å². The fourth-order valence-electron chi connectivity index (χ4n) is 1.38. The minimum Gasteiger partial charge on any atom is -0.330 e. The van der Waals surface area contributed by atoms with Gasteiger partial charge in [-0.1, -0.05) is 0 Å². The van der Waals surface area contributed by atoms with Crippen LogP contribution in [0.1, 0.15) is 5.69 Å². The van der Waals surface area contributed by atoms with Gasteiger partial charge in [0.05, 0.1) is 5.69 Å². The van der Waals surface area contributed by atoms with Crippen LogP contribution in [0.2, 0.25) is 0 Å². The number of nitrogens with zero attached hydrogens (tertiary/aromatic N) is 1. The summed E-state index contributed by atoms with van der Waals surface area (Å²) in [4.78, 5) is 4.26. The van der Waals surface area contributed by atoms with Gasteiger partial charge in [0.2, 0.25) is 0 Å². The van der Waals surface area contributed by atoms with Crippen molar-refractivity contribution in [2.24, 2.45) is 5.73 Å². The van der Waals surface area contributed by atoms with Gasteiger partial charge in [0.1, 0.15) is 16.6 Å². The third kappa shape index (κ3) is 2.43. The zero-order valence-electron chi connectivity index (χ0n) is 8.41. The standard InChI is InChI=1S/C11H10F2N2S/c12-8-3-7(4-9(13)5-8)11-15-10(1-2-14)6-16-11/h3-6H,1-2,14H2. The molecular weight excluding hydrogens is 230 g/mol. The maximum Gasteiger partial charge on any atom is 0.126 e. The van der Waals surface area contributed by atoms with Gasteiger partial charge in [-0.2, -0.15) is 0 Å². The van der Waals surface area contributed by atoms with Gasteiger partial charge in [0.25, 0.3) is 0 Å². The predicted molar refractivity (Wildman–Crippen MR) is 60.2 cm³/mol. The maximum atomic E-state index is 13.0. The van der Waals surface area contributed by atoms with Crippen LogP contribution in [0.4, 0.5) is 8.78 Å². The number of halogens is 2. The second-order valence-electron chi connectivity index (χ2n) is 3.34. The zero-order valence-corrected chi connectivity index (χ0v) is 9.23. The molecule has 0 spiro atoms. The summed E-state index contributed by atoms with van der Waals surface area (Å²) in [5.41, 5.74) is 6.72. The first-order valence-corrected chi connectivity index (χ1v) is 5.68. The minimum atomic E-state index is -0.592. The van der Waals surface area contributed by atoms with Gasteiger partial charge in [-0.3, -0.25) is 0 Å². The van der Waals surface area contributed by atoms with E-state index in [0.717, 1.165) is 11.8 Å². The van der Waals surface area contributed by atoms with Crippen LogP contribution in [-0.4, -0.2) is 11.5 Å². The average Bonchev–Trinajstić information content (AvgIpc) is 2.65. The Hall–Kier alpha value is -1.33. The van der Waals surface area contributed by atoms with Gasteiger partial charge in [0.15, 0.2) is 0 Å². The molecule has 0 radical (unpaired) electrons. The Labute approximate surface area is 95.7 Å². The Kier molecular flexibility index (Phi) is 3.26. The molecule has 2 nitrogen and oxygen atoms in total. The fourth-order valence-corrected chi connectivity index (χ4v) is 2.22. The molecule has 0 saturated heterocycles. The number of hydrogen-bond donors (Lipinski definition) is 1. The molecule has 0 atom stereocenters. The summed E-state index contributed by atoms with van der Waals surface area (Å²) in [6.07, 6.45) is 0.675. The molecule has 0 bridgehead atoms. The highest BCUT2D eigenvalue weighted by Gasteiger charge is 2.07. The Balaban J connectivity index is 2.34. The molecule has 0 saturated carbocycles. The van der Waals surface area contributed by atoms with Crippen LogP contribution < -0.4 is 5.73 Å². The normalized spacial score (nSPS) is 10.7. The van der Waals surface area contributed by atoms with E-state index in [9.17, 15) is 8.78 Å². The van der Waals surface area contributed by atoms with Crippen molar-refractivity contribution in [2.45, 2.75) is 6.42 Å². The molecule has 0 fully saturated rings. The molecule has 1 heterocycles. The van der Waals surface area contributed by atoms with E-state index in [2.05, 4.69) is 4.98 Å². The molecule has 0 unspecified atom stereocenters. The molecule has 0 aliphatic carbocycles. The number of benzene rings is 1. The summed E-state index contributed by atoms with van der Waals surface area (Å²) in [5, 5.41) is 2.47. The molecule has 1 aromatic heterocycles. The highest BCUT2D eigenvalue weighted by molar-refractivity contribution is 7.13. The van der Waals surface area contributed by atoms with Crippen molar-refractivity contribution in [1.82, 2.24) is 4.98 Å². The van der Waals surface area contributed by atoms with Gasteiger partial charge in [0, 0.05) is 23.4 Å². The van der Waals surface area contributed by atoms with E-state index in [1.54, 1.807) is 0 Å². The summed E-state index contributed by atoms with van der Waals surface area (Å²) in [6, 6.07) is 3.39. The van der Waals surface area contributed by atoms with Gasteiger partial charge in [-0.25, -0.2) is 13.8 Å². The van der Waals surface area contributed by atoms with E-state index in [4.69, 9.17) is 5.73 Å². The molecule has 84 valence electrons. The smallest absolute Gasteiger partial charge is 0.126 e. The molecule has 1 aromatic carbocycles. The molecule has 2 rings (SSSR count). The van der Waals surface area contributed by atoms with Crippen molar-refractivity contribution in [2.75, 3.05) is 6.54 Å². The number of hydrogen-bond acceptors (Lipinski definition) is 3. The lowest BCUT2D eigenvalue weighted by molar-refractivity contribution is 0.584. The first-order chi connectivity index (χ1) is 7.69. The quantitative estimate of drug-likeness (QED) is 0.895. The lowest BCUT2D eigenvalue weighted by Gasteiger charge is -1.97. The molecule has 2 aromatic rings. The van der Waals surface area contributed by atoms with Crippen LogP contribution in [0.5, 0.6) is 0 Å². The second-order valence-corrected chi connectivity index (χ2v) is 4.20. The van der Waals surface area contributed by atoms with E-state index in [0.29, 0.717) is 23.5 Å². The summed E-state index contributed by atoms with van der Waals surface area (Å²) in [6.45, 7) is 0.515. The number of nitrogens with two attached hydrogens (primary N) is 1. The first-order valence-electron chi connectivity index (χ1n) is 4.80. The fraction of sp³-hybridized carbons (Fsp3) is 0.182. The van der Waals surface area contributed by atoms with Gasteiger partial charge in [-0.05, 0) is 18.7 Å². The molecule has 0 amide bonds. The molecule has 16 heavy (non-hydrogen) atoms. The first kappa shape index (κ1) is 11.2. The maximum absolute atomic E-state index is 13.0. The van der Waals surface area contributed by atoms with Crippen LogP contribution in [-0.2, 0) is 6.42 Å². The van der Waals surface area contributed by atoms with Crippen LogP contribution in [0.3, 0.4) is 0 Å². The molecular formula is C11H10F2N2S. The van der Waals surface area contributed by atoms with Crippen molar-refractivity contribution in [3.05, 3.63) is 40.9 Å². The van der Waals surface area contributed by atoms with Crippen LogP contribution >= 0.6 is 11.3 Å². The average molecular weight is 240 g/mol. The highest BCUT2D eigenvalue weighted by atomic mass is 32.1. The molecule has 0 aliphatic heterocycles. The third-order valence-electron chi connectivity index (χ3n) is 2.06. The lowest BCUT2D eigenvalue weighted by Crippen LogP contribution is -2.02. The van der Waals surface area contributed by atoms with Gasteiger partial charge < -0.3 is 5.73 Å². The summed E-state index contributed by atoms with van der Waals surface area (Å²) < 4.78 is 26.0. The lowest BCUT2D eigenvalue weighted by atomic mass is 10.2. The van der Waals surface area contributed by atoms with Crippen LogP contribution in [0, 0.1) is 11.6 Å². The minimum absolute atomic E-state index is 0.464. The summed E-state index contributed by atoms with van der Waals surface area (Å²) >= 11 is 1.36. The number of aromatic nitrogens is 1. The van der Waals surface area contributed by atoms with Crippen LogP contribution in [0.25, 0.3) is 10.6 Å². The van der Waals surface area contributed by atoms with Crippen molar-refractivity contribution >= 4 is 11.3 Å². The zero-order chi connectivity index (χ0) is 11.5. The van der Waals surface area contributed by atoms with Gasteiger partial charge in [-0.15, -0.1) is 11.3 Å².